The van der Waals surface area contributed by atoms with E-state index in [9.17, 15) is 4.79 Å². The molecule has 1 N–H and O–H groups in total. The van der Waals surface area contributed by atoms with Crippen molar-refractivity contribution in [1.29, 1.82) is 0 Å². The number of hydrogen-bond acceptors (Lipinski definition) is 8. The van der Waals surface area contributed by atoms with Crippen molar-refractivity contribution in [2.75, 3.05) is 0 Å². The first-order chi connectivity index (χ1) is 15.2. The van der Waals surface area contributed by atoms with Gasteiger partial charge in [0.2, 0.25) is 0 Å². The van der Waals surface area contributed by atoms with Crippen LogP contribution in [-0.4, -0.2) is 24.7 Å². The maximum absolute atomic E-state index is 13.0. The Balaban J connectivity index is 1.34. The van der Waals surface area contributed by atoms with Crippen LogP contribution in [0.4, 0.5) is 0 Å². The molecular weight excluding hydrogens is 467 g/mol. The summed E-state index contributed by atoms with van der Waals surface area (Å²) in [5.74, 6) is 1.60. The third-order valence-electron chi connectivity index (χ3n) is 5.23. The van der Waals surface area contributed by atoms with Gasteiger partial charge in [-0.05, 0) is 42.7 Å². The number of H-pyrrole nitrogens is 1. The van der Waals surface area contributed by atoms with Crippen LogP contribution in [0.2, 0.25) is 0 Å². The molecule has 5 heterocycles. The third kappa shape index (κ3) is 3.47. The van der Waals surface area contributed by atoms with E-state index in [0.29, 0.717) is 17.3 Å². The van der Waals surface area contributed by atoms with Crippen LogP contribution >= 0.6 is 45.8 Å². The van der Waals surface area contributed by atoms with Gasteiger partial charge in [-0.1, -0.05) is 23.9 Å². The SMILES string of the molecule is CC(Sc1nnc(-c2cccs2)n1C1CC1)c1nc2scc(-c3cccs3)c2c(=O)[nH]1. The molecule has 1 unspecified atom stereocenters. The van der Waals surface area contributed by atoms with Crippen LogP contribution in [0.5, 0.6) is 0 Å². The lowest BCUT2D eigenvalue weighted by Gasteiger charge is -2.12. The van der Waals surface area contributed by atoms with E-state index in [1.807, 2.05) is 29.0 Å². The molecule has 0 amide bonds. The zero-order valence-electron chi connectivity index (χ0n) is 16.4. The molecule has 0 aliphatic heterocycles. The minimum atomic E-state index is -0.0833. The standard InChI is InChI=1S/C21H17N5OS4/c1-11(31-21-25-24-18(15-5-3-9-29-15)26(21)12-6-7-12)17-22-19(27)16-13(10-30-20(16)23-17)14-4-2-8-28-14/h2-5,8-12H,6-7H2,1H3,(H,22,23,27). The van der Waals surface area contributed by atoms with Gasteiger partial charge in [0.1, 0.15) is 10.7 Å². The molecule has 5 aromatic rings. The lowest BCUT2D eigenvalue weighted by molar-refractivity contribution is 0.668. The summed E-state index contributed by atoms with van der Waals surface area (Å²) < 4.78 is 2.25. The zero-order chi connectivity index (χ0) is 20.9. The Hall–Kier alpha value is -2.27. The fraction of sp³-hybridized carbons (Fsp3) is 0.238. The van der Waals surface area contributed by atoms with Crippen LogP contribution < -0.4 is 5.56 Å². The molecule has 6 rings (SSSR count). The molecule has 10 heteroatoms. The Morgan fingerprint density at radius 3 is 2.61 bits per heavy atom. The second-order valence-electron chi connectivity index (χ2n) is 7.40. The normalized spacial score (nSPS) is 15.0. The Morgan fingerprint density at radius 2 is 1.90 bits per heavy atom. The van der Waals surface area contributed by atoms with Gasteiger partial charge >= 0.3 is 0 Å². The number of aromatic amines is 1. The highest BCUT2D eigenvalue weighted by Crippen LogP contribution is 2.44. The van der Waals surface area contributed by atoms with Crippen molar-refractivity contribution in [3.05, 3.63) is 56.6 Å². The highest BCUT2D eigenvalue weighted by molar-refractivity contribution is 7.99. The number of fused-ring (bicyclic) bond motifs is 1. The van der Waals surface area contributed by atoms with Gasteiger partial charge in [-0.2, -0.15) is 0 Å². The lowest BCUT2D eigenvalue weighted by atomic mass is 10.2. The number of nitrogens with one attached hydrogen (secondary N) is 1. The van der Waals surface area contributed by atoms with E-state index in [4.69, 9.17) is 4.98 Å². The van der Waals surface area contributed by atoms with Crippen molar-refractivity contribution >= 4 is 56.0 Å². The van der Waals surface area contributed by atoms with Crippen molar-refractivity contribution in [3.63, 3.8) is 0 Å². The average molecular weight is 484 g/mol. The number of hydrogen-bond donors (Lipinski definition) is 1. The summed E-state index contributed by atoms with van der Waals surface area (Å²) in [5.41, 5.74) is 0.879. The topological polar surface area (TPSA) is 76.5 Å². The van der Waals surface area contributed by atoms with Gasteiger partial charge in [0.25, 0.3) is 5.56 Å². The van der Waals surface area contributed by atoms with Crippen molar-refractivity contribution in [3.8, 4) is 21.1 Å². The Labute approximate surface area is 194 Å². The Bertz CT molecular complexity index is 1410. The number of nitrogens with zero attached hydrogens (tertiary/aromatic N) is 4. The zero-order valence-corrected chi connectivity index (χ0v) is 19.7. The van der Waals surface area contributed by atoms with Gasteiger partial charge in [-0.15, -0.1) is 44.2 Å². The number of aromatic nitrogens is 5. The van der Waals surface area contributed by atoms with Crippen LogP contribution in [0, 0.1) is 0 Å². The molecule has 1 aliphatic carbocycles. The van der Waals surface area contributed by atoms with E-state index in [1.165, 1.54) is 11.3 Å². The first-order valence-electron chi connectivity index (χ1n) is 9.90. The molecule has 0 saturated heterocycles. The fourth-order valence-electron chi connectivity index (χ4n) is 3.58. The van der Waals surface area contributed by atoms with Crippen molar-refractivity contribution in [1.82, 2.24) is 24.7 Å². The van der Waals surface area contributed by atoms with Gasteiger partial charge in [-0.3, -0.25) is 9.36 Å². The summed E-state index contributed by atoms with van der Waals surface area (Å²) in [6, 6.07) is 8.62. The van der Waals surface area contributed by atoms with E-state index < -0.39 is 0 Å². The van der Waals surface area contributed by atoms with Crippen molar-refractivity contribution in [2.24, 2.45) is 0 Å². The van der Waals surface area contributed by atoms with Gasteiger partial charge in [0.05, 0.1) is 15.5 Å². The molecule has 5 aromatic heterocycles. The summed E-state index contributed by atoms with van der Waals surface area (Å²) >= 11 is 6.43. The molecule has 1 saturated carbocycles. The van der Waals surface area contributed by atoms with Gasteiger partial charge in [0.15, 0.2) is 11.0 Å². The number of thiophene rings is 3. The van der Waals surface area contributed by atoms with Crippen LogP contribution in [0.1, 0.15) is 36.9 Å². The summed E-state index contributed by atoms with van der Waals surface area (Å²) in [4.78, 5) is 23.8. The summed E-state index contributed by atoms with van der Waals surface area (Å²) in [7, 11) is 0. The van der Waals surface area contributed by atoms with Crippen LogP contribution in [-0.2, 0) is 0 Å². The molecule has 156 valence electrons. The summed E-state index contributed by atoms with van der Waals surface area (Å²) in [5, 5.41) is 16.6. The minimum absolute atomic E-state index is 0.0535. The third-order valence-corrected chi connectivity index (χ3v) is 8.94. The first-order valence-corrected chi connectivity index (χ1v) is 13.4. The van der Waals surface area contributed by atoms with E-state index in [1.54, 1.807) is 34.4 Å². The lowest BCUT2D eigenvalue weighted by Crippen LogP contribution is -2.12. The number of thioether (sulfide) groups is 1. The molecule has 1 fully saturated rings. The predicted molar refractivity (Wildman–Crippen MR) is 129 cm³/mol. The van der Waals surface area contributed by atoms with Gasteiger partial charge in [0, 0.05) is 21.9 Å². The van der Waals surface area contributed by atoms with Crippen LogP contribution in [0.15, 0.2) is 50.4 Å². The minimum Gasteiger partial charge on any atom is -0.309 e. The molecular formula is C21H17N5OS4. The van der Waals surface area contributed by atoms with Gasteiger partial charge in [-0.25, -0.2) is 4.98 Å². The monoisotopic (exact) mass is 483 g/mol. The molecule has 0 radical (unpaired) electrons. The van der Waals surface area contributed by atoms with Gasteiger partial charge < -0.3 is 4.98 Å². The van der Waals surface area contributed by atoms with E-state index in [0.717, 1.165) is 44.0 Å². The van der Waals surface area contributed by atoms with Crippen molar-refractivity contribution in [2.45, 2.75) is 36.2 Å². The highest BCUT2D eigenvalue weighted by Gasteiger charge is 2.31. The molecule has 0 bridgehead atoms. The maximum atomic E-state index is 13.0. The molecule has 1 aliphatic rings. The molecule has 31 heavy (non-hydrogen) atoms. The first kappa shape index (κ1) is 19.4. The smallest absolute Gasteiger partial charge is 0.260 e. The van der Waals surface area contributed by atoms with Crippen LogP contribution in [0.3, 0.4) is 0 Å². The van der Waals surface area contributed by atoms with E-state index in [-0.39, 0.29) is 10.8 Å². The van der Waals surface area contributed by atoms with E-state index in [2.05, 4.69) is 38.1 Å². The quantitative estimate of drug-likeness (QED) is 0.290. The second-order valence-corrected chi connectivity index (χ2v) is 11.5. The average Bonchev–Trinajstić information content (AvgIpc) is 3.27. The maximum Gasteiger partial charge on any atom is 0.260 e. The largest absolute Gasteiger partial charge is 0.309 e. The molecule has 1 atom stereocenters. The van der Waals surface area contributed by atoms with Crippen molar-refractivity contribution < 1.29 is 0 Å². The summed E-state index contributed by atoms with van der Waals surface area (Å²) in [6.45, 7) is 2.05. The number of rotatable bonds is 6. The molecule has 0 spiro atoms. The Kier molecular flexibility index (Phi) is 4.82. The summed E-state index contributed by atoms with van der Waals surface area (Å²) in [6.07, 6.45) is 2.31. The van der Waals surface area contributed by atoms with Crippen LogP contribution in [0.25, 0.3) is 31.4 Å². The Morgan fingerprint density at radius 1 is 1.13 bits per heavy atom. The fourth-order valence-corrected chi connectivity index (χ4v) is 7.03. The highest BCUT2D eigenvalue weighted by atomic mass is 32.2. The second kappa shape index (κ2) is 7.70. The predicted octanol–water partition coefficient (Wildman–Crippen LogP) is 6.22. The molecule has 6 nitrogen and oxygen atoms in total. The molecule has 0 aromatic carbocycles. The van der Waals surface area contributed by atoms with E-state index >= 15 is 0 Å².